The maximum atomic E-state index is 12.6. The predicted molar refractivity (Wildman–Crippen MR) is 98.8 cm³/mol. The lowest BCUT2D eigenvalue weighted by Gasteiger charge is -2.20. The van der Waals surface area contributed by atoms with Crippen LogP contribution in [-0.2, 0) is 4.79 Å². The van der Waals surface area contributed by atoms with Gasteiger partial charge in [0.15, 0.2) is 6.10 Å². The standard InChI is InChI=1S/C20H25NO4/c1-6-17(25-18-10-7-13(2)11-14(18)3)20(22)21-16-9-8-15(23-4)12-19(16)24-5/h7-12,17H,6H2,1-5H3,(H,21,22)/t17-/m0/s1. The molecule has 5 heteroatoms. The summed E-state index contributed by atoms with van der Waals surface area (Å²) < 4.78 is 16.4. The Bertz CT molecular complexity index is 742. The van der Waals surface area contributed by atoms with Crippen LogP contribution in [-0.4, -0.2) is 26.2 Å². The summed E-state index contributed by atoms with van der Waals surface area (Å²) in [6.45, 7) is 5.91. The topological polar surface area (TPSA) is 56.8 Å². The van der Waals surface area contributed by atoms with Gasteiger partial charge < -0.3 is 19.5 Å². The Morgan fingerprint density at radius 3 is 2.40 bits per heavy atom. The van der Waals surface area contributed by atoms with E-state index in [1.165, 1.54) is 0 Å². The fourth-order valence-electron chi connectivity index (χ4n) is 2.52. The van der Waals surface area contributed by atoms with Gasteiger partial charge in [0.2, 0.25) is 0 Å². The molecule has 0 saturated carbocycles. The Balaban J connectivity index is 2.14. The van der Waals surface area contributed by atoms with Gasteiger partial charge in [-0.25, -0.2) is 0 Å². The Kier molecular flexibility index (Phi) is 6.28. The summed E-state index contributed by atoms with van der Waals surface area (Å²) in [7, 11) is 3.13. The molecule has 0 aliphatic heterocycles. The van der Waals surface area contributed by atoms with Crippen molar-refractivity contribution in [1.82, 2.24) is 0 Å². The van der Waals surface area contributed by atoms with E-state index < -0.39 is 6.10 Å². The van der Waals surface area contributed by atoms with E-state index in [9.17, 15) is 4.79 Å². The smallest absolute Gasteiger partial charge is 0.265 e. The van der Waals surface area contributed by atoms with E-state index in [1.807, 2.05) is 39.0 Å². The van der Waals surface area contributed by atoms with Gasteiger partial charge in [-0.3, -0.25) is 4.79 Å². The summed E-state index contributed by atoms with van der Waals surface area (Å²) in [6.07, 6.45) is -0.0364. The van der Waals surface area contributed by atoms with Gasteiger partial charge in [-0.05, 0) is 44.0 Å². The van der Waals surface area contributed by atoms with E-state index >= 15 is 0 Å². The Morgan fingerprint density at radius 1 is 1.04 bits per heavy atom. The Labute approximate surface area is 148 Å². The normalized spacial score (nSPS) is 11.6. The third-order valence-electron chi connectivity index (χ3n) is 3.93. The second-order valence-electron chi connectivity index (χ2n) is 5.84. The second-order valence-corrected chi connectivity index (χ2v) is 5.84. The van der Waals surface area contributed by atoms with E-state index in [1.54, 1.807) is 32.4 Å². The molecule has 5 nitrogen and oxygen atoms in total. The number of carbonyl (C=O) groups is 1. The zero-order chi connectivity index (χ0) is 18.4. The first kappa shape index (κ1) is 18.6. The van der Waals surface area contributed by atoms with Crippen molar-refractivity contribution in [1.29, 1.82) is 0 Å². The van der Waals surface area contributed by atoms with Gasteiger partial charge in [-0.15, -0.1) is 0 Å². The van der Waals surface area contributed by atoms with E-state index in [-0.39, 0.29) is 5.91 Å². The second kappa shape index (κ2) is 8.42. The van der Waals surface area contributed by atoms with Crippen LogP contribution in [0.15, 0.2) is 36.4 Å². The lowest BCUT2D eigenvalue weighted by Crippen LogP contribution is -2.32. The molecule has 1 atom stereocenters. The molecule has 0 radical (unpaired) electrons. The van der Waals surface area contributed by atoms with Gasteiger partial charge in [0.1, 0.15) is 17.2 Å². The molecule has 2 rings (SSSR count). The molecule has 0 aromatic heterocycles. The maximum Gasteiger partial charge on any atom is 0.265 e. The molecule has 0 heterocycles. The Morgan fingerprint density at radius 2 is 1.80 bits per heavy atom. The first-order chi connectivity index (χ1) is 12.0. The predicted octanol–water partition coefficient (Wildman–Crippen LogP) is 4.12. The molecule has 0 fully saturated rings. The van der Waals surface area contributed by atoms with E-state index in [4.69, 9.17) is 14.2 Å². The molecular formula is C20H25NO4. The number of hydrogen-bond acceptors (Lipinski definition) is 4. The van der Waals surface area contributed by atoms with Crippen LogP contribution >= 0.6 is 0 Å². The van der Waals surface area contributed by atoms with Crippen molar-refractivity contribution in [2.45, 2.75) is 33.3 Å². The van der Waals surface area contributed by atoms with Crippen LogP contribution in [0.2, 0.25) is 0 Å². The van der Waals surface area contributed by atoms with Crippen LogP contribution < -0.4 is 19.5 Å². The van der Waals surface area contributed by atoms with Crippen molar-refractivity contribution in [3.8, 4) is 17.2 Å². The highest BCUT2D eigenvalue weighted by molar-refractivity contribution is 5.95. The van der Waals surface area contributed by atoms with E-state index in [0.717, 1.165) is 11.1 Å². The number of nitrogens with one attached hydrogen (secondary N) is 1. The quantitative estimate of drug-likeness (QED) is 0.822. The summed E-state index contributed by atoms with van der Waals surface area (Å²) >= 11 is 0. The number of rotatable bonds is 7. The highest BCUT2D eigenvalue weighted by atomic mass is 16.5. The minimum Gasteiger partial charge on any atom is -0.497 e. The monoisotopic (exact) mass is 343 g/mol. The first-order valence-corrected chi connectivity index (χ1v) is 8.25. The number of ether oxygens (including phenoxy) is 3. The highest BCUT2D eigenvalue weighted by Gasteiger charge is 2.20. The summed E-state index contributed by atoms with van der Waals surface area (Å²) in [6, 6.07) is 11.1. The molecule has 2 aromatic carbocycles. The summed E-state index contributed by atoms with van der Waals surface area (Å²) in [5.74, 6) is 1.70. The summed E-state index contributed by atoms with van der Waals surface area (Å²) in [5.41, 5.74) is 2.74. The van der Waals surface area contributed by atoms with Gasteiger partial charge in [-0.1, -0.05) is 24.6 Å². The van der Waals surface area contributed by atoms with Crippen LogP contribution in [0, 0.1) is 13.8 Å². The average molecular weight is 343 g/mol. The fourth-order valence-corrected chi connectivity index (χ4v) is 2.52. The number of carbonyl (C=O) groups excluding carboxylic acids is 1. The lowest BCUT2D eigenvalue weighted by molar-refractivity contribution is -0.122. The lowest BCUT2D eigenvalue weighted by atomic mass is 10.1. The number of amides is 1. The van der Waals surface area contributed by atoms with Crippen molar-refractivity contribution < 1.29 is 19.0 Å². The number of hydrogen-bond donors (Lipinski definition) is 1. The number of aryl methyl sites for hydroxylation is 2. The van der Waals surface area contributed by atoms with Crippen molar-refractivity contribution in [2.24, 2.45) is 0 Å². The highest BCUT2D eigenvalue weighted by Crippen LogP contribution is 2.29. The molecule has 0 aliphatic carbocycles. The molecule has 0 aliphatic rings. The van der Waals surface area contributed by atoms with Crippen LogP contribution in [0.1, 0.15) is 24.5 Å². The first-order valence-electron chi connectivity index (χ1n) is 8.25. The fraction of sp³-hybridized carbons (Fsp3) is 0.350. The van der Waals surface area contributed by atoms with Crippen LogP contribution in [0.3, 0.4) is 0 Å². The van der Waals surface area contributed by atoms with Crippen molar-refractivity contribution in [3.63, 3.8) is 0 Å². The maximum absolute atomic E-state index is 12.6. The van der Waals surface area contributed by atoms with Gasteiger partial charge in [0.25, 0.3) is 5.91 Å². The molecule has 1 N–H and O–H groups in total. The molecule has 25 heavy (non-hydrogen) atoms. The number of methoxy groups -OCH3 is 2. The minimum absolute atomic E-state index is 0.217. The number of anilines is 1. The van der Waals surface area contributed by atoms with Crippen molar-refractivity contribution in [2.75, 3.05) is 19.5 Å². The van der Waals surface area contributed by atoms with E-state index in [2.05, 4.69) is 5.32 Å². The molecule has 0 bridgehead atoms. The van der Waals surface area contributed by atoms with Crippen LogP contribution in [0.4, 0.5) is 5.69 Å². The van der Waals surface area contributed by atoms with Gasteiger partial charge >= 0.3 is 0 Å². The zero-order valence-electron chi connectivity index (χ0n) is 15.4. The minimum atomic E-state index is -0.590. The van der Waals surface area contributed by atoms with Crippen molar-refractivity contribution in [3.05, 3.63) is 47.5 Å². The molecule has 0 unspecified atom stereocenters. The molecule has 1 amide bonds. The molecule has 2 aromatic rings. The van der Waals surface area contributed by atoms with Crippen LogP contribution in [0.25, 0.3) is 0 Å². The summed E-state index contributed by atoms with van der Waals surface area (Å²) in [5, 5.41) is 2.87. The van der Waals surface area contributed by atoms with Crippen molar-refractivity contribution >= 4 is 11.6 Å². The van der Waals surface area contributed by atoms with Crippen LogP contribution in [0.5, 0.6) is 17.2 Å². The van der Waals surface area contributed by atoms with Gasteiger partial charge in [-0.2, -0.15) is 0 Å². The third kappa shape index (κ3) is 4.66. The SMILES string of the molecule is CC[C@H](Oc1ccc(C)cc1C)C(=O)Nc1ccc(OC)cc1OC. The van der Waals surface area contributed by atoms with Gasteiger partial charge in [0.05, 0.1) is 19.9 Å². The molecule has 134 valence electrons. The third-order valence-corrected chi connectivity index (χ3v) is 3.93. The number of benzene rings is 2. The zero-order valence-corrected chi connectivity index (χ0v) is 15.4. The average Bonchev–Trinajstić information content (AvgIpc) is 2.61. The molecule has 0 saturated heterocycles. The molecular weight excluding hydrogens is 318 g/mol. The summed E-state index contributed by atoms with van der Waals surface area (Å²) in [4.78, 5) is 12.6. The largest absolute Gasteiger partial charge is 0.497 e. The Hall–Kier alpha value is -2.69. The molecule has 0 spiro atoms. The van der Waals surface area contributed by atoms with E-state index in [0.29, 0.717) is 29.4 Å². The van der Waals surface area contributed by atoms with Gasteiger partial charge in [0, 0.05) is 6.07 Å².